The highest BCUT2D eigenvalue weighted by Crippen LogP contribution is 2.44. The number of benzene rings is 1. The van der Waals surface area contributed by atoms with Crippen molar-refractivity contribution in [2.45, 2.75) is 18.9 Å². The Morgan fingerprint density at radius 2 is 1.91 bits per heavy atom. The highest BCUT2D eigenvalue weighted by atomic mass is 19.3. The molecule has 160 valence electrons. The van der Waals surface area contributed by atoms with Crippen LogP contribution < -0.4 is 4.90 Å². The number of anilines is 1. The molecule has 0 saturated carbocycles. The van der Waals surface area contributed by atoms with E-state index < -0.39 is 12.5 Å². The summed E-state index contributed by atoms with van der Waals surface area (Å²) in [6.45, 7) is 0.448. The van der Waals surface area contributed by atoms with E-state index in [1.54, 1.807) is 53.8 Å². The summed E-state index contributed by atoms with van der Waals surface area (Å²) in [4.78, 5) is 13.5. The number of para-hydroxylation sites is 1. The van der Waals surface area contributed by atoms with Crippen molar-refractivity contribution in [3.63, 3.8) is 0 Å². The maximum atomic E-state index is 14.2. The molecule has 0 bridgehead atoms. The summed E-state index contributed by atoms with van der Waals surface area (Å²) in [6.07, 6.45) is 1.06. The van der Waals surface area contributed by atoms with Crippen molar-refractivity contribution in [1.29, 1.82) is 0 Å². The summed E-state index contributed by atoms with van der Waals surface area (Å²) in [5.41, 5.74) is 2.21. The zero-order valence-electron chi connectivity index (χ0n) is 16.6. The first-order valence-electron chi connectivity index (χ1n) is 10.0. The van der Waals surface area contributed by atoms with E-state index in [9.17, 15) is 8.78 Å². The minimum Gasteiger partial charge on any atom is -0.458 e. The Bertz CT molecular complexity index is 1390. The van der Waals surface area contributed by atoms with Gasteiger partial charge in [-0.05, 0) is 18.2 Å². The van der Waals surface area contributed by atoms with Crippen molar-refractivity contribution in [2.75, 3.05) is 11.4 Å². The number of pyridine rings is 1. The molecule has 0 saturated heterocycles. The molecule has 1 aliphatic rings. The Kier molecular flexibility index (Phi) is 4.23. The molecule has 4 aromatic heterocycles. The second kappa shape index (κ2) is 7.26. The fourth-order valence-corrected chi connectivity index (χ4v) is 4.19. The normalized spacial score (nSPS) is 16.1. The molecule has 1 atom stereocenters. The van der Waals surface area contributed by atoms with E-state index in [0.29, 0.717) is 35.3 Å². The molecule has 6 rings (SSSR count). The molecular weight excluding hydrogens is 418 g/mol. The van der Waals surface area contributed by atoms with Crippen molar-refractivity contribution in [1.82, 2.24) is 25.1 Å². The Morgan fingerprint density at radius 3 is 2.75 bits per heavy atom. The lowest BCUT2D eigenvalue weighted by Gasteiger charge is -2.32. The lowest BCUT2D eigenvalue weighted by Crippen LogP contribution is -2.37. The molecule has 8 nitrogen and oxygen atoms in total. The van der Waals surface area contributed by atoms with E-state index in [1.807, 2.05) is 6.07 Å². The maximum absolute atomic E-state index is 14.2. The number of fused-ring (bicyclic) bond motifs is 2. The number of H-pyrrole nitrogens is 1. The number of alkyl halides is 2. The van der Waals surface area contributed by atoms with E-state index in [2.05, 4.69) is 25.1 Å². The first-order chi connectivity index (χ1) is 15.7. The van der Waals surface area contributed by atoms with Gasteiger partial charge in [0, 0.05) is 30.2 Å². The Morgan fingerprint density at radius 1 is 1.03 bits per heavy atom. The molecule has 0 fully saturated rings. The van der Waals surface area contributed by atoms with Crippen LogP contribution in [0.2, 0.25) is 0 Å². The first kappa shape index (κ1) is 18.7. The van der Waals surface area contributed by atoms with Crippen LogP contribution >= 0.6 is 0 Å². The molecule has 1 aliphatic heterocycles. The van der Waals surface area contributed by atoms with Crippen LogP contribution in [0.5, 0.6) is 0 Å². The smallest absolute Gasteiger partial charge is 0.319 e. The average molecular weight is 434 g/mol. The molecule has 0 unspecified atom stereocenters. The van der Waals surface area contributed by atoms with Crippen LogP contribution in [0.1, 0.15) is 35.2 Å². The van der Waals surface area contributed by atoms with Gasteiger partial charge in [0.1, 0.15) is 23.1 Å². The van der Waals surface area contributed by atoms with Crippen LogP contribution in [0, 0.1) is 0 Å². The molecule has 0 amide bonds. The van der Waals surface area contributed by atoms with Gasteiger partial charge in [-0.2, -0.15) is 0 Å². The van der Waals surface area contributed by atoms with Crippen LogP contribution in [0.25, 0.3) is 22.6 Å². The van der Waals surface area contributed by atoms with E-state index in [4.69, 9.17) is 8.83 Å². The summed E-state index contributed by atoms with van der Waals surface area (Å²) in [5, 5.41) is 8.66. The van der Waals surface area contributed by atoms with Crippen LogP contribution in [-0.2, 0) is 6.42 Å². The molecule has 1 aromatic carbocycles. The number of hydrogen-bond donors (Lipinski definition) is 1. The molecule has 1 N–H and O–H groups in total. The minimum atomic E-state index is -2.73. The van der Waals surface area contributed by atoms with Crippen molar-refractivity contribution >= 4 is 17.0 Å². The number of aromatic nitrogens is 5. The zero-order valence-corrected chi connectivity index (χ0v) is 16.6. The summed E-state index contributed by atoms with van der Waals surface area (Å²) in [6, 6.07) is 11.6. The second-order valence-corrected chi connectivity index (χ2v) is 7.39. The van der Waals surface area contributed by atoms with Gasteiger partial charge in [0.25, 0.3) is 12.3 Å². The summed E-state index contributed by atoms with van der Waals surface area (Å²) in [7, 11) is 0. The third-order valence-electron chi connectivity index (χ3n) is 5.60. The predicted octanol–water partition coefficient (Wildman–Crippen LogP) is 4.69. The molecule has 0 spiro atoms. The van der Waals surface area contributed by atoms with E-state index in [1.165, 1.54) is 0 Å². The number of halogens is 2. The van der Waals surface area contributed by atoms with Gasteiger partial charge in [-0.1, -0.05) is 29.4 Å². The number of nitrogens with zero attached hydrogens (tertiary/aromatic N) is 5. The predicted molar refractivity (Wildman–Crippen MR) is 110 cm³/mol. The van der Waals surface area contributed by atoms with E-state index in [-0.39, 0.29) is 23.2 Å². The number of imidazole rings is 1. The summed E-state index contributed by atoms with van der Waals surface area (Å²) < 4.78 is 40.4. The molecular formula is C22H16F2N6O2. The fraction of sp³-hybridized carbons (Fsp3) is 0.182. The average Bonchev–Trinajstić information content (AvgIpc) is 3.56. The number of hydrogen-bond acceptors (Lipinski definition) is 7. The standard InChI is InChI=1S/C22H16F2N6O2/c23-20(24)16-12-5-1-2-7-15(12)31-19(16)18-17-13(26-11-27-17)8-10-30(18)22-29-28-21(32-22)14-6-3-4-9-25-14/h1-7,9,11,18,20H,8,10H2,(H,26,27)/t18-/m1/s1. The van der Waals surface area contributed by atoms with Crippen molar-refractivity contribution in [3.05, 3.63) is 77.7 Å². The van der Waals surface area contributed by atoms with Gasteiger partial charge in [0.05, 0.1) is 17.6 Å². The van der Waals surface area contributed by atoms with Gasteiger partial charge >= 0.3 is 6.01 Å². The Balaban J connectivity index is 1.51. The van der Waals surface area contributed by atoms with Crippen LogP contribution in [0.3, 0.4) is 0 Å². The molecule has 0 radical (unpaired) electrons. The molecule has 5 aromatic rings. The van der Waals surface area contributed by atoms with Crippen molar-refractivity contribution < 1.29 is 17.6 Å². The third kappa shape index (κ3) is 2.87. The lowest BCUT2D eigenvalue weighted by atomic mass is 9.97. The second-order valence-electron chi connectivity index (χ2n) is 7.39. The highest BCUT2D eigenvalue weighted by molar-refractivity contribution is 5.83. The molecule has 10 heteroatoms. The molecule has 0 aliphatic carbocycles. The highest BCUT2D eigenvalue weighted by Gasteiger charge is 2.40. The number of furan rings is 1. The largest absolute Gasteiger partial charge is 0.458 e. The van der Waals surface area contributed by atoms with Crippen molar-refractivity contribution in [3.8, 4) is 11.6 Å². The number of nitrogens with one attached hydrogen (secondary N) is 1. The Labute approximate surface area is 179 Å². The SMILES string of the molecule is FC(F)c1c([C@H]2c3nc[nH]c3CCN2c2nnc(-c3ccccn3)o2)oc2ccccc12. The molecule has 32 heavy (non-hydrogen) atoms. The Hall–Kier alpha value is -4.08. The van der Waals surface area contributed by atoms with E-state index in [0.717, 1.165) is 5.69 Å². The van der Waals surface area contributed by atoms with Gasteiger partial charge in [0.15, 0.2) is 0 Å². The zero-order chi connectivity index (χ0) is 21.7. The summed E-state index contributed by atoms with van der Waals surface area (Å²) in [5.74, 6) is 0.359. The monoisotopic (exact) mass is 434 g/mol. The summed E-state index contributed by atoms with van der Waals surface area (Å²) >= 11 is 0. The van der Waals surface area contributed by atoms with Crippen LogP contribution in [-0.4, -0.2) is 31.7 Å². The van der Waals surface area contributed by atoms with Gasteiger partial charge in [0.2, 0.25) is 0 Å². The first-order valence-corrected chi connectivity index (χ1v) is 10.0. The number of rotatable bonds is 4. The van der Waals surface area contributed by atoms with E-state index >= 15 is 0 Å². The molecule has 5 heterocycles. The van der Waals surface area contributed by atoms with Crippen molar-refractivity contribution in [2.24, 2.45) is 0 Å². The topological polar surface area (TPSA) is 96.9 Å². The van der Waals surface area contributed by atoms with Gasteiger partial charge in [-0.3, -0.25) is 4.98 Å². The number of aromatic amines is 1. The van der Waals surface area contributed by atoms with Gasteiger partial charge < -0.3 is 18.7 Å². The van der Waals surface area contributed by atoms with Gasteiger partial charge in [-0.15, -0.1) is 5.10 Å². The van der Waals surface area contributed by atoms with Crippen LogP contribution in [0.15, 0.2) is 63.8 Å². The third-order valence-corrected chi connectivity index (χ3v) is 5.60. The minimum absolute atomic E-state index is 0.117. The fourth-order valence-electron chi connectivity index (χ4n) is 4.19. The maximum Gasteiger partial charge on any atom is 0.319 e. The quantitative estimate of drug-likeness (QED) is 0.438. The van der Waals surface area contributed by atoms with Gasteiger partial charge in [-0.25, -0.2) is 13.8 Å². The van der Waals surface area contributed by atoms with Crippen LogP contribution in [0.4, 0.5) is 14.8 Å². The lowest BCUT2D eigenvalue weighted by molar-refractivity contribution is 0.149.